The Morgan fingerprint density at radius 1 is 1.42 bits per heavy atom. The van der Waals surface area contributed by atoms with Crippen molar-refractivity contribution in [3.63, 3.8) is 0 Å². The molecule has 2 aromatic rings. The Kier molecular flexibility index (Phi) is 3.61. The number of nitrogens with zero attached hydrogens (tertiary/aromatic N) is 2. The maximum absolute atomic E-state index is 12.3. The molecule has 3 N–H and O–H groups in total. The first-order chi connectivity index (χ1) is 8.90. The van der Waals surface area contributed by atoms with E-state index < -0.39 is 0 Å². The van der Waals surface area contributed by atoms with Gasteiger partial charge in [-0.15, -0.1) is 0 Å². The molecule has 0 atom stereocenters. The van der Waals surface area contributed by atoms with Crippen LogP contribution in [-0.4, -0.2) is 15.7 Å². The highest BCUT2D eigenvalue weighted by Crippen LogP contribution is 2.22. The molecule has 1 aromatic carbocycles. The van der Waals surface area contributed by atoms with Gasteiger partial charge in [-0.05, 0) is 31.5 Å². The van der Waals surface area contributed by atoms with E-state index >= 15 is 0 Å². The van der Waals surface area contributed by atoms with Crippen molar-refractivity contribution >= 4 is 33.2 Å². The fourth-order valence-corrected chi connectivity index (χ4v) is 2.22. The van der Waals surface area contributed by atoms with Crippen LogP contribution >= 0.6 is 15.9 Å². The van der Waals surface area contributed by atoms with Gasteiger partial charge < -0.3 is 11.1 Å². The van der Waals surface area contributed by atoms with Gasteiger partial charge in [0.2, 0.25) is 0 Å². The molecule has 0 aliphatic carbocycles. The Bertz CT molecular complexity index is 648. The predicted molar refractivity (Wildman–Crippen MR) is 79.2 cm³/mol. The summed E-state index contributed by atoms with van der Waals surface area (Å²) in [5, 5.41) is 6.99. The number of carbonyl (C=O) groups is 1. The summed E-state index contributed by atoms with van der Waals surface area (Å²) in [7, 11) is 1.70. The summed E-state index contributed by atoms with van der Waals surface area (Å²) in [5.74, 6) is -0.262. The molecular formula is C13H15BrN4O. The Balaban J connectivity index is 2.33. The maximum atomic E-state index is 12.3. The molecule has 1 aromatic heterocycles. The SMILES string of the molecule is Cc1ccc(Br)cc1NC(=O)c1c(N)c(C)nn1C. The third-order valence-electron chi connectivity index (χ3n) is 2.93. The van der Waals surface area contributed by atoms with Crippen LogP contribution in [0.1, 0.15) is 21.7 Å². The fourth-order valence-electron chi connectivity index (χ4n) is 1.85. The van der Waals surface area contributed by atoms with Crippen LogP contribution in [-0.2, 0) is 7.05 Å². The van der Waals surface area contributed by atoms with Gasteiger partial charge in [0.1, 0.15) is 5.69 Å². The minimum absolute atomic E-state index is 0.262. The van der Waals surface area contributed by atoms with Gasteiger partial charge >= 0.3 is 0 Å². The van der Waals surface area contributed by atoms with Crippen molar-refractivity contribution in [3.05, 3.63) is 39.6 Å². The van der Waals surface area contributed by atoms with Gasteiger partial charge in [0.05, 0.1) is 11.4 Å². The molecule has 0 unspecified atom stereocenters. The average molecular weight is 323 g/mol. The van der Waals surface area contributed by atoms with Gasteiger partial charge in [-0.3, -0.25) is 9.48 Å². The van der Waals surface area contributed by atoms with Gasteiger partial charge in [0.25, 0.3) is 5.91 Å². The lowest BCUT2D eigenvalue weighted by atomic mass is 10.2. The summed E-state index contributed by atoms with van der Waals surface area (Å²) in [6, 6.07) is 5.71. The normalized spacial score (nSPS) is 10.5. The number of hydrogen-bond donors (Lipinski definition) is 2. The van der Waals surface area contributed by atoms with E-state index in [-0.39, 0.29) is 5.91 Å². The highest BCUT2D eigenvalue weighted by molar-refractivity contribution is 9.10. The van der Waals surface area contributed by atoms with E-state index in [1.165, 1.54) is 4.68 Å². The second-order valence-corrected chi connectivity index (χ2v) is 5.30. The van der Waals surface area contributed by atoms with Crippen LogP contribution < -0.4 is 11.1 Å². The lowest BCUT2D eigenvalue weighted by Gasteiger charge is -2.09. The number of rotatable bonds is 2. The van der Waals surface area contributed by atoms with Crippen LogP contribution in [0.2, 0.25) is 0 Å². The number of carbonyl (C=O) groups excluding carboxylic acids is 1. The first kappa shape index (κ1) is 13.6. The van der Waals surface area contributed by atoms with Crippen LogP contribution in [0.5, 0.6) is 0 Å². The van der Waals surface area contributed by atoms with E-state index in [1.807, 2.05) is 25.1 Å². The molecule has 19 heavy (non-hydrogen) atoms. The molecule has 0 saturated carbocycles. The minimum atomic E-state index is -0.262. The molecule has 6 heteroatoms. The molecule has 1 amide bonds. The standard InChI is InChI=1S/C13H15BrN4O/c1-7-4-5-9(14)6-10(7)16-13(19)12-11(15)8(2)17-18(12)3/h4-6H,15H2,1-3H3,(H,16,19). The van der Waals surface area contributed by atoms with Crippen molar-refractivity contribution < 1.29 is 4.79 Å². The Morgan fingerprint density at radius 2 is 2.11 bits per heavy atom. The van der Waals surface area contributed by atoms with Crippen molar-refractivity contribution in [2.75, 3.05) is 11.1 Å². The molecular weight excluding hydrogens is 308 g/mol. The Morgan fingerprint density at radius 3 is 2.68 bits per heavy atom. The van der Waals surface area contributed by atoms with Crippen molar-refractivity contribution in [1.29, 1.82) is 0 Å². The van der Waals surface area contributed by atoms with Gasteiger partial charge in [0.15, 0.2) is 0 Å². The average Bonchev–Trinajstić information content (AvgIpc) is 2.58. The Hall–Kier alpha value is -1.82. The predicted octanol–water partition coefficient (Wildman–Crippen LogP) is 2.63. The van der Waals surface area contributed by atoms with Crippen molar-refractivity contribution in [2.45, 2.75) is 13.8 Å². The number of amides is 1. The second-order valence-electron chi connectivity index (χ2n) is 4.38. The fraction of sp³-hybridized carbons (Fsp3) is 0.231. The third-order valence-corrected chi connectivity index (χ3v) is 3.42. The number of nitrogens with one attached hydrogen (secondary N) is 1. The van der Waals surface area contributed by atoms with Crippen LogP contribution in [0.3, 0.4) is 0 Å². The summed E-state index contributed by atoms with van der Waals surface area (Å²) in [6.07, 6.45) is 0. The lowest BCUT2D eigenvalue weighted by Crippen LogP contribution is -2.18. The van der Waals surface area contributed by atoms with Gasteiger partial charge in [-0.2, -0.15) is 5.10 Å². The van der Waals surface area contributed by atoms with E-state index in [4.69, 9.17) is 5.73 Å². The second kappa shape index (κ2) is 5.05. The summed E-state index contributed by atoms with van der Waals surface area (Å²) in [5.41, 5.74) is 9.03. The zero-order chi connectivity index (χ0) is 14.2. The summed E-state index contributed by atoms with van der Waals surface area (Å²) in [4.78, 5) is 12.3. The largest absolute Gasteiger partial charge is 0.395 e. The monoisotopic (exact) mass is 322 g/mol. The van der Waals surface area contributed by atoms with Gasteiger partial charge in [0, 0.05) is 17.2 Å². The number of benzene rings is 1. The summed E-state index contributed by atoms with van der Waals surface area (Å²) in [6.45, 7) is 3.70. The maximum Gasteiger partial charge on any atom is 0.276 e. The minimum Gasteiger partial charge on any atom is -0.395 e. The Labute approximate surface area is 119 Å². The summed E-state index contributed by atoms with van der Waals surface area (Å²) < 4.78 is 2.40. The zero-order valence-corrected chi connectivity index (χ0v) is 12.6. The topological polar surface area (TPSA) is 72.9 Å². The first-order valence-electron chi connectivity index (χ1n) is 5.76. The smallest absolute Gasteiger partial charge is 0.276 e. The molecule has 0 radical (unpaired) electrons. The third kappa shape index (κ3) is 2.63. The van der Waals surface area contributed by atoms with Gasteiger partial charge in [-0.25, -0.2) is 0 Å². The number of halogens is 1. The van der Waals surface area contributed by atoms with Crippen molar-refractivity contribution in [2.24, 2.45) is 7.05 Å². The molecule has 0 aliphatic heterocycles. The molecule has 0 bridgehead atoms. The molecule has 5 nitrogen and oxygen atoms in total. The highest BCUT2D eigenvalue weighted by Gasteiger charge is 2.18. The van der Waals surface area contributed by atoms with Gasteiger partial charge in [-0.1, -0.05) is 22.0 Å². The lowest BCUT2D eigenvalue weighted by molar-refractivity contribution is 0.101. The van der Waals surface area contributed by atoms with Crippen molar-refractivity contribution in [1.82, 2.24) is 9.78 Å². The van der Waals surface area contributed by atoms with Crippen LogP contribution in [0.4, 0.5) is 11.4 Å². The number of aromatic nitrogens is 2. The molecule has 0 saturated heterocycles. The molecule has 0 spiro atoms. The highest BCUT2D eigenvalue weighted by atomic mass is 79.9. The van der Waals surface area contributed by atoms with E-state index in [0.29, 0.717) is 17.1 Å². The molecule has 2 rings (SSSR count). The molecule has 100 valence electrons. The number of aryl methyl sites for hydroxylation is 3. The molecule has 1 heterocycles. The molecule has 0 fully saturated rings. The van der Waals surface area contributed by atoms with E-state index in [2.05, 4.69) is 26.3 Å². The number of anilines is 2. The van der Waals surface area contributed by atoms with Crippen LogP contribution in [0.25, 0.3) is 0 Å². The number of nitrogens with two attached hydrogens (primary N) is 1. The van der Waals surface area contributed by atoms with Crippen molar-refractivity contribution in [3.8, 4) is 0 Å². The van der Waals surface area contributed by atoms with Crippen LogP contribution in [0.15, 0.2) is 22.7 Å². The zero-order valence-electron chi connectivity index (χ0n) is 11.0. The van der Waals surface area contributed by atoms with E-state index in [0.717, 1.165) is 15.7 Å². The number of hydrogen-bond acceptors (Lipinski definition) is 3. The van der Waals surface area contributed by atoms with E-state index in [9.17, 15) is 4.79 Å². The quantitative estimate of drug-likeness (QED) is 0.892. The van der Waals surface area contributed by atoms with Crippen LogP contribution in [0, 0.1) is 13.8 Å². The van der Waals surface area contributed by atoms with E-state index in [1.54, 1.807) is 14.0 Å². The first-order valence-corrected chi connectivity index (χ1v) is 6.56. The number of nitrogen functional groups attached to an aromatic ring is 1. The summed E-state index contributed by atoms with van der Waals surface area (Å²) >= 11 is 3.38. The molecule has 0 aliphatic rings.